The molecule has 1 N–H and O–H groups in total. The van der Waals surface area contributed by atoms with Crippen LogP contribution in [0.4, 0.5) is 17.6 Å². The Bertz CT molecular complexity index is 1160. The van der Waals surface area contributed by atoms with E-state index in [1.54, 1.807) is 16.8 Å². The number of hydrogen-bond donors (Lipinski definition) is 1. The van der Waals surface area contributed by atoms with Gasteiger partial charge in [0.05, 0.1) is 16.6 Å². The molecule has 0 atom stereocenters. The quantitative estimate of drug-likeness (QED) is 0.502. The molecule has 2 aromatic carbocycles. The van der Waals surface area contributed by atoms with Crippen LogP contribution in [0.5, 0.6) is 0 Å². The van der Waals surface area contributed by atoms with Crippen LogP contribution in [0, 0.1) is 11.2 Å². The molecule has 0 saturated heterocycles. The fraction of sp³-hybridized carbons (Fsp3) is 0.375. The molecule has 31 heavy (non-hydrogen) atoms. The summed E-state index contributed by atoms with van der Waals surface area (Å²) in [4.78, 5) is 13.1. The molecule has 3 saturated carbocycles. The molecule has 0 spiro atoms. The van der Waals surface area contributed by atoms with Crippen LogP contribution in [0.3, 0.4) is 0 Å². The molecule has 3 aliphatic carbocycles. The average molecular weight is 430 g/mol. The van der Waals surface area contributed by atoms with Gasteiger partial charge < -0.3 is 9.88 Å². The number of halogens is 4. The average Bonchev–Trinajstić information content (AvgIpc) is 3.04. The maximum Gasteiger partial charge on any atom is 0.416 e. The SMILES string of the molecule is CCC12CC(NC(=O)c3cc(F)cc4ccn(Cc5ccc(C(F)(F)F)cc5)c34)(C1)C2. The van der Waals surface area contributed by atoms with Crippen molar-refractivity contribution < 1.29 is 22.4 Å². The molecule has 1 heterocycles. The first kappa shape index (κ1) is 20.1. The second-order valence-corrected chi connectivity index (χ2v) is 9.15. The molecule has 0 radical (unpaired) electrons. The summed E-state index contributed by atoms with van der Waals surface area (Å²) in [5.74, 6) is -0.797. The van der Waals surface area contributed by atoms with E-state index in [4.69, 9.17) is 0 Å². The van der Waals surface area contributed by atoms with E-state index in [0.717, 1.165) is 37.8 Å². The molecule has 1 aromatic heterocycles. The van der Waals surface area contributed by atoms with Gasteiger partial charge in [0.15, 0.2) is 0 Å². The van der Waals surface area contributed by atoms with E-state index in [1.807, 2.05) is 0 Å². The number of nitrogens with zero attached hydrogens (tertiary/aromatic N) is 1. The summed E-state index contributed by atoms with van der Waals surface area (Å²) in [6.45, 7) is 2.44. The molecule has 0 aliphatic heterocycles. The zero-order chi connectivity index (χ0) is 22.0. The Morgan fingerprint density at radius 3 is 2.39 bits per heavy atom. The maximum absolute atomic E-state index is 14.2. The van der Waals surface area contributed by atoms with E-state index in [9.17, 15) is 22.4 Å². The van der Waals surface area contributed by atoms with E-state index in [0.29, 0.717) is 21.9 Å². The van der Waals surface area contributed by atoms with Gasteiger partial charge in [0, 0.05) is 23.7 Å². The Kier molecular flexibility index (Phi) is 4.27. The van der Waals surface area contributed by atoms with Gasteiger partial charge in [-0.2, -0.15) is 13.2 Å². The highest BCUT2D eigenvalue weighted by molar-refractivity contribution is 6.06. The molecule has 3 nitrogen and oxygen atoms in total. The lowest BCUT2D eigenvalue weighted by Crippen LogP contribution is -2.74. The molecule has 7 heteroatoms. The normalized spacial score (nSPS) is 24.5. The zero-order valence-electron chi connectivity index (χ0n) is 17.0. The van der Waals surface area contributed by atoms with Crippen molar-refractivity contribution in [2.45, 2.75) is 50.9 Å². The lowest BCUT2D eigenvalue weighted by molar-refractivity contribution is -0.149. The highest BCUT2D eigenvalue weighted by Gasteiger charge is 2.67. The van der Waals surface area contributed by atoms with Crippen LogP contribution in [0.15, 0.2) is 48.7 Å². The van der Waals surface area contributed by atoms with Crippen LogP contribution in [0.25, 0.3) is 10.9 Å². The molecule has 2 bridgehead atoms. The smallest absolute Gasteiger partial charge is 0.346 e. The van der Waals surface area contributed by atoms with E-state index in [1.165, 1.54) is 24.3 Å². The molecular formula is C24H22F4N2O. The Morgan fingerprint density at radius 1 is 1.10 bits per heavy atom. The molecular weight excluding hydrogens is 408 g/mol. The number of alkyl halides is 3. The standard InChI is InChI=1S/C24H22F4N2O/c1-2-22-12-23(13-22,14-22)29-21(31)19-10-18(25)9-16-7-8-30(20(16)19)11-15-3-5-17(6-4-15)24(26,27)28/h3-10H,2,11-14H2,1H3,(H,29,31). The molecule has 3 aromatic rings. The Labute approximate surface area is 177 Å². The van der Waals surface area contributed by atoms with Crippen molar-refractivity contribution in [2.75, 3.05) is 0 Å². The predicted octanol–water partition coefficient (Wildman–Crippen LogP) is 5.91. The van der Waals surface area contributed by atoms with Crippen molar-refractivity contribution in [3.8, 4) is 0 Å². The first-order valence-electron chi connectivity index (χ1n) is 10.4. The van der Waals surface area contributed by atoms with Gasteiger partial charge in [-0.25, -0.2) is 4.39 Å². The van der Waals surface area contributed by atoms with E-state index < -0.39 is 17.6 Å². The number of aromatic nitrogens is 1. The fourth-order valence-electron chi connectivity index (χ4n) is 5.43. The number of carbonyl (C=O) groups excluding carboxylic acids is 1. The van der Waals surface area contributed by atoms with Crippen LogP contribution in [-0.4, -0.2) is 16.0 Å². The van der Waals surface area contributed by atoms with Crippen LogP contribution in [-0.2, 0) is 12.7 Å². The van der Waals surface area contributed by atoms with Gasteiger partial charge in [-0.1, -0.05) is 25.5 Å². The van der Waals surface area contributed by atoms with Crippen LogP contribution < -0.4 is 5.32 Å². The summed E-state index contributed by atoms with van der Waals surface area (Å²) >= 11 is 0. The van der Waals surface area contributed by atoms with Crippen molar-refractivity contribution >= 4 is 16.8 Å². The topological polar surface area (TPSA) is 34.0 Å². The van der Waals surface area contributed by atoms with Gasteiger partial charge in [0.25, 0.3) is 5.91 Å². The predicted molar refractivity (Wildman–Crippen MR) is 109 cm³/mol. The van der Waals surface area contributed by atoms with Gasteiger partial charge in [-0.05, 0) is 60.6 Å². The minimum atomic E-state index is -4.39. The lowest BCUT2D eigenvalue weighted by atomic mass is 9.38. The summed E-state index contributed by atoms with van der Waals surface area (Å²) in [5, 5.41) is 3.70. The first-order valence-corrected chi connectivity index (χ1v) is 10.4. The highest BCUT2D eigenvalue weighted by atomic mass is 19.4. The summed E-state index contributed by atoms with van der Waals surface area (Å²) in [6.07, 6.45) is 1.34. The minimum absolute atomic E-state index is 0.170. The summed E-state index contributed by atoms with van der Waals surface area (Å²) in [5.41, 5.74) is 0.978. The van der Waals surface area contributed by atoms with Gasteiger partial charge in [0.1, 0.15) is 5.82 Å². The summed E-state index contributed by atoms with van der Waals surface area (Å²) < 4.78 is 54.4. The maximum atomic E-state index is 14.2. The fourth-order valence-corrected chi connectivity index (χ4v) is 5.43. The Morgan fingerprint density at radius 2 is 1.77 bits per heavy atom. The number of hydrogen-bond acceptors (Lipinski definition) is 1. The van der Waals surface area contributed by atoms with Crippen molar-refractivity contribution in [2.24, 2.45) is 5.41 Å². The van der Waals surface area contributed by atoms with Crippen molar-refractivity contribution in [1.82, 2.24) is 9.88 Å². The largest absolute Gasteiger partial charge is 0.416 e. The number of nitrogens with one attached hydrogen (secondary N) is 1. The number of rotatable bonds is 5. The van der Waals surface area contributed by atoms with E-state index in [2.05, 4.69) is 12.2 Å². The molecule has 3 aliphatic rings. The van der Waals surface area contributed by atoms with Crippen molar-refractivity contribution in [1.29, 1.82) is 0 Å². The number of amides is 1. The number of fused-ring (bicyclic) bond motifs is 1. The third-order valence-electron chi connectivity index (χ3n) is 6.97. The zero-order valence-corrected chi connectivity index (χ0v) is 17.0. The van der Waals surface area contributed by atoms with E-state index in [-0.39, 0.29) is 23.6 Å². The third-order valence-corrected chi connectivity index (χ3v) is 6.97. The van der Waals surface area contributed by atoms with Gasteiger partial charge in [-0.3, -0.25) is 4.79 Å². The van der Waals surface area contributed by atoms with Crippen LogP contribution >= 0.6 is 0 Å². The molecule has 3 fully saturated rings. The van der Waals surface area contributed by atoms with Gasteiger partial charge in [0.2, 0.25) is 0 Å². The van der Waals surface area contributed by atoms with E-state index >= 15 is 0 Å². The van der Waals surface area contributed by atoms with Crippen LogP contribution in [0.1, 0.15) is 54.1 Å². The summed E-state index contributed by atoms with van der Waals surface area (Å²) in [7, 11) is 0. The molecule has 0 unspecified atom stereocenters. The lowest BCUT2D eigenvalue weighted by Gasteiger charge is -2.70. The number of benzene rings is 2. The van der Waals surface area contributed by atoms with Crippen LogP contribution in [0.2, 0.25) is 0 Å². The molecule has 6 rings (SSSR count). The van der Waals surface area contributed by atoms with Crippen molar-refractivity contribution in [3.05, 3.63) is 71.2 Å². The third kappa shape index (κ3) is 3.30. The highest BCUT2D eigenvalue weighted by Crippen LogP contribution is 2.68. The Hall–Kier alpha value is -2.83. The monoisotopic (exact) mass is 430 g/mol. The Balaban J connectivity index is 1.43. The number of carbonyl (C=O) groups is 1. The van der Waals surface area contributed by atoms with Gasteiger partial charge >= 0.3 is 6.18 Å². The van der Waals surface area contributed by atoms with Crippen molar-refractivity contribution in [3.63, 3.8) is 0 Å². The minimum Gasteiger partial charge on any atom is -0.346 e. The second-order valence-electron chi connectivity index (χ2n) is 9.15. The first-order chi connectivity index (χ1) is 14.6. The summed E-state index contributed by atoms with van der Waals surface area (Å²) in [6, 6.07) is 9.24. The second kappa shape index (κ2) is 6.58. The van der Waals surface area contributed by atoms with Gasteiger partial charge in [-0.15, -0.1) is 0 Å². The molecule has 1 amide bonds. The molecule has 162 valence electrons.